The Labute approximate surface area is 128 Å². The average molecular weight is 312 g/mol. The van der Waals surface area contributed by atoms with Crippen molar-refractivity contribution < 1.29 is 14.3 Å². The molecule has 1 aromatic carbocycles. The molecule has 21 heavy (non-hydrogen) atoms. The molecule has 0 radical (unpaired) electrons. The third kappa shape index (κ3) is 2.79. The Morgan fingerprint density at radius 1 is 1.52 bits per heavy atom. The summed E-state index contributed by atoms with van der Waals surface area (Å²) in [5, 5.41) is 10.5. The summed E-state index contributed by atoms with van der Waals surface area (Å²) in [5.41, 5.74) is -0.266. The van der Waals surface area contributed by atoms with E-state index in [-0.39, 0.29) is 23.6 Å². The summed E-state index contributed by atoms with van der Waals surface area (Å²) in [6.07, 6.45) is 3.13. The van der Waals surface area contributed by atoms with Gasteiger partial charge >= 0.3 is 0 Å². The predicted octanol–water partition coefficient (Wildman–Crippen LogP) is 2.96. The van der Waals surface area contributed by atoms with Crippen LogP contribution in [0.15, 0.2) is 18.2 Å². The lowest BCUT2D eigenvalue weighted by Crippen LogP contribution is -2.48. The zero-order valence-electron chi connectivity index (χ0n) is 12.0. The number of hydrogen-bond donors (Lipinski definition) is 1. The lowest BCUT2D eigenvalue weighted by Gasteiger charge is -2.39. The number of aliphatic hydroxyl groups is 1. The molecule has 0 unspecified atom stereocenters. The highest BCUT2D eigenvalue weighted by Gasteiger charge is 2.48. The molecule has 3 rings (SSSR count). The minimum absolute atomic E-state index is 0.0281. The predicted molar refractivity (Wildman–Crippen MR) is 78.7 cm³/mol. The maximum atomic E-state index is 13.9. The Morgan fingerprint density at radius 3 is 2.81 bits per heavy atom. The van der Waals surface area contributed by atoms with E-state index in [0.717, 1.165) is 19.3 Å². The van der Waals surface area contributed by atoms with Crippen LogP contribution in [-0.2, 0) is 4.79 Å². The van der Waals surface area contributed by atoms with Gasteiger partial charge in [-0.05, 0) is 37.8 Å². The van der Waals surface area contributed by atoms with Crippen molar-refractivity contribution in [2.75, 3.05) is 13.6 Å². The summed E-state index contributed by atoms with van der Waals surface area (Å²) in [6, 6.07) is 4.60. The third-order valence-electron chi connectivity index (χ3n) is 4.67. The topological polar surface area (TPSA) is 40.5 Å². The fraction of sp³-hybridized carbons (Fsp3) is 0.562. The van der Waals surface area contributed by atoms with E-state index in [9.17, 15) is 14.3 Å². The molecule has 5 heteroatoms. The molecule has 2 aliphatic carbocycles. The van der Waals surface area contributed by atoms with E-state index in [2.05, 4.69) is 0 Å². The molecule has 0 aromatic heterocycles. The first-order valence-electron chi connectivity index (χ1n) is 7.32. The van der Waals surface area contributed by atoms with Gasteiger partial charge in [0, 0.05) is 36.0 Å². The minimum Gasteiger partial charge on any atom is -0.388 e. The summed E-state index contributed by atoms with van der Waals surface area (Å²) in [7, 11) is 1.71. The first-order chi connectivity index (χ1) is 9.91. The second-order valence-corrected chi connectivity index (χ2v) is 6.76. The number of nitrogens with zero attached hydrogens (tertiary/aromatic N) is 1. The molecule has 1 amide bonds. The van der Waals surface area contributed by atoms with Crippen molar-refractivity contribution >= 4 is 17.5 Å². The molecule has 0 bridgehead atoms. The minimum atomic E-state index is -0.718. The van der Waals surface area contributed by atoms with Crippen LogP contribution in [0.4, 0.5) is 4.39 Å². The third-order valence-corrected chi connectivity index (χ3v) is 5.00. The number of amides is 1. The van der Waals surface area contributed by atoms with Gasteiger partial charge in [0.05, 0.1) is 5.60 Å². The van der Waals surface area contributed by atoms with Crippen molar-refractivity contribution in [2.45, 2.75) is 37.2 Å². The van der Waals surface area contributed by atoms with Crippen LogP contribution in [0.2, 0.25) is 5.02 Å². The Hall–Kier alpha value is -1.13. The van der Waals surface area contributed by atoms with Crippen LogP contribution in [0.3, 0.4) is 0 Å². The molecule has 0 spiro atoms. The largest absolute Gasteiger partial charge is 0.388 e. The van der Waals surface area contributed by atoms with Gasteiger partial charge in [-0.15, -0.1) is 0 Å². The molecular formula is C16H19ClFNO2. The van der Waals surface area contributed by atoms with Gasteiger partial charge in [0.1, 0.15) is 5.82 Å². The second kappa shape index (κ2) is 5.25. The summed E-state index contributed by atoms with van der Waals surface area (Å²) in [5.74, 6) is -0.722. The fourth-order valence-electron chi connectivity index (χ4n) is 3.20. The average Bonchev–Trinajstić information content (AvgIpc) is 3.16. The Kier molecular flexibility index (Phi) is 3.70. The van der Waals surface area contributed by atoms with E-state index in [1.54, 1.807) is 24.1 Å². The smallest absolute Gasteiger partial charge is 0.226 e. The van der Waals surface area contributed by atoms with Gasteiger partial charge in [0.2, 0.25) is 5.91 Å². The van der Waals surface area contributed by atoms with E-state index in [1.165, 1.54) is 6.07 Å². The van der Waals surface area contributed by atoms with Crippen LogP contribution in [0.1, 0.15) is 37.2 Å². The van der Waals surface area contributed by atoms with Gasteiger partial charge in [0.15, 0.2) is 0 Å². The van der Waals surface area contributed by atoms with Gasteiger partial charge in [0.25, 0.3) is 0 Å². The van der Waals surface area contributed by atoms with Crippen LogP contribution in [-0.4, -0.2) is 35.1 Å². The van der Waals surface area contributed by atoms with E-state index in [1.807, 2.05) is 0 Å². The second-order valence-electron chi connectivity index (χ2n) is 6.36. The summed E-state index contributed by atoms with van der Waals surface area (Å²) < 4.78 is 13.9. The Bertz CT molecular complexity index is 553. The van der Waals surface area contributed by atoms with Crippen LogP contribution in [0.5, 0.6) is 0 Å². The standard InChI is InChI=1S/C16H19ClFNO2/c1-19(9-16(21)6-3-7-16)15(20)11-8-10(11)14-12(17)4-2-5-13(14)18/h2,4-5,10-11,21H,3,6-9H2,1H3/t10-,11-/m0/s1. The maximum Gasteiger partial charge on any atom is 0.226 e. The van der Waals surface area contributed by atoms with Crippen LogP contribution < -0.4 is 0 Å². The molecule has 0 aliphatic heterocycles. The molecule has 2 atom stereocenters. The molecule has 1 N–H and O–H groups in total. The zero-order chi connectivity index (χ0) is 15.2. The van der Waals surface area contributed by atoms with Crippen molar-refractivity contribution in [3.05, 3.63) is 34.6 Å². The molecule has 2 aliphatic rings. The first-order valence-corrected chi connectivity index (χ1v) is 7.70. The van der Waals surface area contributed by atoms with Crippen LogP contribution >= 0.6 is 11.6 Å². The van der Waals surface area contributed by atoms with Crippen molar-refractivity contribution in [1.29, 1.82) is 0 Å². The quantitative estimate of drug-likeness (QED) is 0.928. The summed E-state index contributed by atoms with van der Waals surface area (Å²) >= 11 is 6.05. The normalized spacial score (nSPS) is 26.1. The highest BCUT2D eigenvalue weighted by molar-refractivity contribution is 6.31. The fourth-order valence-corrected chi connectivity index (χ4v) is 3.50. The first kappa shape index (κ1) is 14.8. The SMILES string of the molecule is CN(CC1(O)CCC1)C(=O)[C@H]1C[C@@H]1c1c(F)cccc1Cl. The highest BCUT2D eigenvalue weighted by atomic mass is 35.5. The number of halogens is 2. The molecule has 2 fully saturated rings. The summed E-state index contributed by atoms with van der Waals surface area (Å²) in [4.78, 5) is 14.0. The number of carbonyl (C=O) groups is 1. The number of likely N-dealkylation sites (N-methyl/N-ethyl adjacent to an activating group) is 1. The zero-order valence-corrected chi connectivity index (χ0v) is 12.7. The van der Waals surface area contributed by atoms with Crippen molar-refractivity contribution in [2.24, 2.45) is 5.92 Å². The molecule has 0 saturated heterocycles. The lowest BCUT2D eigenvalue weighted by atomic mass is 9.80. The number of rotatable bonds is 4. The number of carbonyl (C=O) groups excluding carboxylic acids is 1. The van der Waals surface area contributed by atoms with E-state index < -0.39 is 5.60 Å². The Balaban J connectivity index is 1.65. The van der Waals surface area contributed by atoms with Gasteiger partial charge in [-0.1, -0.05) is 17.7 Å². The van der Waals surface area contributed by atoms with Crippen LogP contribution in [0, 0.1) is 11.7 Å². The molecular weight excluding hydrogens is 293 g/mol. The highest BCUT2D eigenvalue weighted by Crippen LogP contribution is 2.51. The van der Waals surface area contributed by atoms with Crippen molar-refractivity contribution in [3.63, 3.8) is 0 Å². The maximum absolute atomic E-state index is 13.9. The summed E-state index contributed by atoms with van der Waals surface area (Å²) in [6.45, 7) is 0.361. The van der Waals surface area contributed by atoms with E-state index in [4.69, 9.17) is 11.6 Å². The number of benzene rings is 1. The monoisotopic (exact) mass is 311 g/mol. The van der Waals surface area contributed by atoms with Gasteiger partial charge in [-0.25, -0.2) is 4.39 Å². The van der Waals surface area contributed by atoms with E-state index >= 15 is 0 Å². The number of hydrogen-bond acceptors (Lipinski definition) is 2. The molecule has 3 nitrogen and oxygen atoms in total. The van der Waals surface area contributed by atoms with Gasteiger partial charge < -0.3 is 10.0 Å². The van der Waals surface area contributed by atoms with Crippen molar-refractivity contribution in [3.8, 4) is 0 Å². The van der Waals surface area contributed by atoms with Crippen molar-refractivity contribution in [1.82, 2.24) is 4.90 Å². The lowest BCUT2D eigenvalue weighted by molar-refractivity contribution is -0.137. The van der Waals surface area contributed by atoms with Crippen LogP contribution in [0.25, 0.3) is 0 Å². The van der Waals surface area contributed by atoms with Gasteiger partial charge in [-0.2, -0.15) is 0 Å². The molecule has 2 saturated carbocycles. The Morgan fingerprint density at radius 2 is 2.24 bits per heavy atom. The van der Waals surface area contributed by atoms with E-state index in [0.29, 0.717) is 23.6 Å². The van der Waals surface area contributed by atoms with Gasteiger partial charge in [-0.3, -0.25) is 4.79 Å². The molecule has 1 aromatic rings. The molecule has 114 valence electrons. The molecule has 0 heterocycles.